The highest BCUT2D eigenvalue weighted by Crippen LogP contribution is 2.48. The Hall–Kier alpha value is -7.88. The molecule has 0 spiro atoms. The number of nitrogens with zero attached hydrogens (tertiary/aromatic N) is 6. The second-order valence-electron chi connectivity index (χ2n) is 18.3. The van der Waals surface area contributed by atoms with Crippen molar-refractivity contribution in [3.8, 4) is 0 Å². The van der Waals surface area contributed by atoms with Gasteiger partial charge in [-0.2, -0.15) is 9.60 Å². The van der Waals surface area contributed by atoms with Gasteiger partial charge >= 0.3 is 6.09 Å². The lowest BCUT2D eigenvalue weighted by molar-refractivity contribution is -0.964. The number of nitrogens with one attached hydrogen (secondary N) is 2. The van der Waals surface area contributed by atoms with Crippen LogP contribution in [0.2, 0.25) is 0 Å². The normalized spacial score (nSPS) is 20.3. The van der Waals surface area contributed by atoms with Crippen LogP contribution in [0.3, 0.4) is 0 Å². The molecule has 0 bridgehead atoms. The average molecular weight is 1020 g/mol. The molecule has 0 saturated carbocycles. The fourth-order valence-corrected chi connectivity index (χ4v) is 9.69. The van der Waals surface area contributed by atoms with Crippen LogP contribution in [0.15, 0.2) is 103 Å². The van der Waals surface area contributed by atoms with E-state index in [1.165, 1.54) is 4.90 Å². The minimum atomic E-state index is -1.11. The number of rotatable bonds is 26. The standard InChI is InChI=1S/C53H60N8O13/c1-4-37-10-6-7-12-39(37)32-41(40-13-9-8-11-38(40)5-2)74-52(71)54-23-28-72-30-31-73-29-27-61(3)42-33-56(44(63)21-25-58-47(66)16-17-48(58)67)35-53(42,34-55-43(62)20-24-57-45(64)14-15-46(57)65)36-60(61)51(70)22-26-59-49(68)18-19-50(59)69/h5-19,33,41H,2,4,20-32,34-36H2,1,3H3,(H-,54,55,62,71)/p+1. The van der Waals surface area contributed by atoms with E-state index in [1.807, 2.05) is 42.5 Å². The molecule has 74 heavy (non-hydrogen) atoms. The summed E-state index contributed by atoms with van der Waals surface area (Å²) in [7, 11) is 1.74. The summed E-state index contributed by atoms with van der Waals surface area (Å²) in [6.07, 6.45) is 9.49. The molecule has 3 unspecified atom stereocenters. The van der Waals surface area contributed by atoms with E-state index >= 15 is 0 Å². The summed E-state index contributed by atoms with van der Waals surface area (Å²) >= 11 is 0. The monoisotopic (exact) mass is 1020 g/mol. The first-order chi connectivity index (χ1) is 35.6. The predicted octanol–water partition coefficient (Wildman–Crippen LogP) is 1.87. The molecule has 3 atom stereocenters. The number of benzene rings is 2. The van der Waals surface area contributed by atoms with E-state index in [0.29, 0.717) is 12.1 Å². The second kappa shape index (κ2) is 24.2. The Kier molecular flexibility index (Phi) is 17.7. The summed E-state index contributed by atoms with van der Waals surface area (Å²) in [6, 6.07) is 15.7. The Balaban J connectivity index is 0.983. The maximum absolute atomic E-state index is 14.3. The van der Waals surface area contributed by atoms with Gasteiger partial charge in [0.1, 0.15) is 18.1 Å². The van der Waals surface area contributed by atoms with Crippen molar-refractivity contribution in [1.82, 2.24) is 35.2 Å². The molecule has 10 amide bonds. The highest BCUT2D eigenvalue weighted by Gasteiger charge is 2.63. The average Bonchev–Trinajstić information content (AvgIpc) is 4.18. The summed E-state index contributed by atoms with van der Waals surface area (Å²) in [5.74, 6) is -4.64. The van der Waals surface area contributed by atoms with Crippen LogP contribution in [0, 0.1) is 5.41 Å². The third kappa shape index (κ3) is 12.5. The van der Waals surface area contributed by atoms with E-state index in [-0.39, 0.29) is 103 Å². The van der Waals surface area contributed by atoms with Gasteiger partial charge in [0.25, 0.3) is 41.4 Å². The van der Waals surface area contributed by atoms with Gasteiger partial charge in [0.05, 0.1) is 46.2 Å². The van der Waals surface area contributed by atoms with E-state index in [4.69, 9.17) is 14.2 Å². The molecule has 21 nitrogen and oxygen atoms in total. The van der Waals surface area contributed by atoms with Crippen LogP contribution in [0.25, 0.3) is 6.08 Å². The first-order valence-corrected chi connectivity index (χ1v) is 24.5. The zero-order valence-electron chi connectivity index (χ0n) is 41.5. The molecule has 0 aromatic heterocycles. The fraction of sp³-hybridized carbons (Fsp3) is 0.396. The first-order valence-electron chi connectivity index (χ1n) is 24.5. The lowest BCUT2D eigenvalue weighted by Crippen LogP contribution is -2.56. The molecule has 0 radical (unpaired) electrons. The molecule has 5 aliphatic heterocycles. The van der Waals surface area contributed by atoms with E-state index in [0.717, 1.165) is 79.8 Å². The van der Waals surface area contributed by atoms with Crippen molar-refractivity contribution in [1.29, 1.82) is 0 Å². The summed E-state index contributed by atoms with van der Waals surface area (Å²) in [5.41, 5.74) is 3.36. The molecule has 1 saturated heterocycles. The number of amides is 10. The van der Waals surface area contributed by atoms with Crippen LogP contribution >= 0.6 is 0 Å². The number of likely N-dealkylation sites (N-methyl/N-ethyl adjacent to an activating group) is 1. The molecule has 2 aromatic rings. The molecule has 2 N–H and O–H groups in total. The molecular formula is C53H61N8O13+. The van der Waals surface area contributed by atoms with Gasteiger partial charge in [0.2, 0.25) is 11.8 Å². The third-order valence-corrected chi connectivity index (χ3v) is 13.7. The molecule has 390 valence electrons. The molecule has 7 rings (SSSR count). The molecule has 5 aliphatic rings. The van der Waals surface area contributed by atoms with Crippen LogP contribution in [-0.4, -0.2) is 174 Å². The van der Waals surface area contributed by atoms with Gasteiger partial charge in [0, 0.05) is 107 Å². The number of imide groups is 3. The quantitative estimate of drug-likeness (QED) is 0.0779. The van der Waals surface area contributed by atoms with Gasteiger partial charge in [0.15, 0.2) is 5.70 Å². The van der Waals surface area contributed by atoms with Gasteiger partial charge in [-0.15, -0.1) is 0 Å². The number of carbonyl (C=O) groups is 10. The molecular weight excluding hydrogens is 957 g/mol. The van der Waals surface area contributed by atoms with E-state index < -0.39 is 70.8 Å². The van der Waals surface area contributed by atoms with Crippen molar-refractivity contribution in [2.24, 2.45) is 5.41 Å². The van der Waals surface area contributed by atoms with Crippen molar-refractivity contribution in [3.05, 3.63) is 126 Å². The minimum Gasteiger partial charge on any atom is -0.441 e. The number of hydrogen-bond acceptors (Lipinski definition) is 13. The van der Waals surface area contributed by atoms with Crippen LogP contribution in [0.1, 0.15) is 54.5 Å². The highest BCUT2D eigenvalue weighted by atomic mass is 16.6. The number of carbonyl (C=O) groups excluding carboxylic acids is 10. The van der Waals surface area contributed by atoms with Crippen molar-refractivity contribution in [3.63, 3.8) is 0 Å². The predicted molar refractivity (Wildman–Crippen MR) is 264 cm³/mol. The lowest BCUT2D eigenvalue weighted by Gasteiger charge is -2.37. The number of quaternary nitrogens is 1. The SMILES string of the molecule is C=Cc1ccccc1C(Cc1ccccc1CC)OC(=O)NCCOCCOCC[N+]1(C)C2=CN(C(=O)CCN3C(=O)C=CC3=O)CC2(CNC(=O)CCN2C(=O)C=CC2=O)CN1C(=O)CCN1C(=O)C=CC1=O. The number of alkyl carbamates (subject to hydrolysis) is 1. The van der Waals surface area contributed by atoms with Crippen LogP contribution in [-0.2, 0) is 70.2 Å². The minimum absolute atomic E-state index is 0.0227. The molecule has 0 aliphatic carbocycles. The van der Waals surface area contributed by atoms with Gasteiger partial charge in [-0.05, 0) is 23.1 Å². The van der Waals surface area contributed by atoms with E-state index in [9.17, 15) is 47.9 Å². The Morgan fingerprint density at radius 2 is 1.23 bits per heavy atom. The van der Waals surface area contributed by atoms with E-state index in [1.54, 1.807) is 24.3 Å². The van der Waals surface area contributed by atoms with Crippen LogP contribution < -0.4 is 10.6 Å². The summed E-state index contributed by atoms with van der Waals surface area (Å²) in [6.45, 7) is 6.04. The Bertz CT molecular complexity index is 2660. The Morgan fingerprint density at radius 3 is 1.82 bits per heavy atom. The Morgan fingerprint density at radius 1 is 0.689 bits per heavy atom. The van der Waals surface area contributed by atoms with Crippen molar-refractivity contribution in [2.75, 3.05) is 85.8 Å². The second-order valence-corrected chi connectivity index (χ2v) is 18.3. The number of hydrogen-bond donors (Lipinski definition) is 2. The van der Waals surface area contributed by atoms with Crippen molar-refractivity contribution >= 4 is 65.3 Å². The number of aryl methyl sites for hydroxylation is 1. The van der Waals surface area contributed by atoms with Gasteiger partial charge in [-0.1, -0.05) is 68.1 Å². The number of ether oxygens (including phenoxy) is 3. The van der Waals surface area contributed by atoms with E-state index in [2.05, 4.69) is 30.2 Å². The maximum Gasteiger partial charge on any atom is 0.407 e. The molecule has 1 fully saturated rings. The maximum atomic E-state index is 14.3. The number of fused-ring (bicyclic) bond motifs is 1. The largest absolute Gasteiger partial charge is 0.441 e. The van der Waals surface area contributed by atoms with Crippen molar-refractivity contribution < 1.29 is 66.7 Å². The highest BCUT2D eigenvalue weighted by molar-refractivity contribution is 6.14. The summed E-state index contributed by atoms with van der Waals surface area (Å²) in [5, 5.41) is 7.20. The third-order valence-electron chi connectivity index (χ3n) is 13.7. The van der Waals surface area contributed by atoms with Gasteiger partial charge in [-0.25, -0.2) is 4.79 Å². The molecule has 21 heteroatoms. The van der Waals surface area contributed by atoms with Crippen LogP contribution in [0.4, 0.5) is 4.79 Å². The topological polar surface area (TPSA) is 239 Å². The van der Waals surface area contributed by atoms with Crippen LogP contribution in [0.5, 0.6) is 0 Å². The zero-order valence-corrected chi connectivity index (χ0v) is 41.5. The smallest absolute Gasteiger partial charge is 0.407 e. The van der Waals surface area contributed by atoms with Crippen molar-refractivity contribution in [2.45, 2.75) is 45.1 Å². The summed E-state index contributed by atoms with van der Waals surface area (Å²) in [4.78, 5) is 133. The zero-order chi connectivity index (χ0) is 53.0. The first kappa shape index (κ1) is 53.9. The lowest BCUT2D eigenvalue weighted by atomic mass is 9.86. The van der Waals surface area contributed by atoms with Gasteiger partial charge in [-0.3, -0.25) is 57.9 Å². The molecule has 5 heterocycles. The molecule has 2 aromatic carbocycles. The Labute approximate surface area is 428 Å². The summed E-state index contributed by atoms with van der Waals surface area (Å²) < 4.78 is 17.6. The fourth-order valence-electron chi connectivity index (χ4n) is 9.69. The van der Waals surface area contributed by atoms with Gasteiger partial charge < -0.3 is 29.7 Å².